The topological polar surface area (TPSA) is 6.48 Å². The highest BCUT2D eigenvalue weighted by Crippen LogP contribution is 2.40. The van der Waals surface area contributed by atoms with Crippen molar-refractivity contribution in [1.29, 1.82) is 0 Å². The Morgan fingerprint density at radius 1 is 0.320 bits per heavy atom. The van der Waals surface area contributed by atoms with Crippen molar-refractivity contribution in [3.05, 3.63) is 192 Å². The molecule has 0 unspecified atom stereocenters. The minimum absolute atomic E-state index is 0.976. The van der Waals surface area contributed by atoms with Crippen LogP contribution in [0.4, 0.5) is 34.1 Å². The van der Waals surface area contributed by atoms with Gasteiger partial charge in [0.25, 0.3) is 0 Å². The molecular weight excluding hydrogens is 605 g/mol. The summed E-state index contributed by atoms with van der Waals surface area (Å²) in [4.78, 5) is 4.74. The molecule has 0 atom stereocenters. The second-order valence-electron chi connectivity index (χ2n) is 13.0. The summed E-state index contributed by atoms with van der Waals surface area (Å²) in [6.45, 7) is 8.72. The maximum absolute atomic E-state index is 2.37. The van der Waals surface area contributed by atoms with Crippen LogP contribution in [0.1, 0.15) is 36.1 Å². The van der Waals surface area contributed by atoms with Crippen LogP contribution in [0.25, 0.3) is 22.3 Å². The predicted octanol–water partition coefficient (Wildman–Crippen LogP) is 13.7. The molecule has 0 fully saturated rings. The van der Waals surface area contributed by atoms with Crippen LogP contribution in [-0.4, -0.2) is 0 Å². The summed E-state index contributed by atoms with van der Waals surface area (Å²) in [7, 11) is 0. The van der Waals surface area contributed by atoms with Crippen LogP contribution in [0, 0.1) is 13.8 Å². The lowest BCUT2D eigenvalue weighted by molar-refractivity contribution is 1.11. The molecule has 0 saturated heterocycles. The van der Waals surface area contributed by atoms with Crippen LogP contribution in [0.15, 0.2) is 170 Å². The van der Waals surface area contributed by atoms with Gasteiger partial charge in [-0.25, -0.2) is 0 Å². The molecule has 7 aromatic carbocycles. The highest BCUT2D eigenvalue weighted by molar-refractivity contribution is 5.82. The van der Waals surface area contributed by atoms with Crippen molar-refractivity contribution < 1.29 is 0 Å². The first kappa shape index (κ1) is 32.7. The minimum Gasteiger partial charge on any atom is -0.310 e. The third kappa shape index (κ3) is 6.84. The van der Waals surface area contributed by atoms with Gasteiger partial charge in [-0.05, 0) is 121 Å². The lowest BCUT2D eigenvalue weighted by Crippen LogP contribution is -2.12. The van der Waals surface area contributed by atoms with Gasteiger partial charge in [0, 0.05) is 34.1 Å². The molecule has 2 nitrogen and oxygen atoms in total. The van der Waals surface area contributed by atoms with Crippen molar-refractivity contribution in [2.75, 3.05) is 9.80 Å². The van der Waals surface area contributed by atoms with E-state index in [0.717, 1.165) is 35.6 Å². The largest absolute Gasteiger partial charge is 0.310 e. The summed E-state index contributed by atoms with van der Waals surface area (Å²) < 4.78 is 0. The van der Waals surface area contributed by atoms with Gasteiger partial charge in [-0.1, -0.05) is 134 Å². The molecule has 0 aliphatic heterocycles. The fourth-order valence-corrected chi connectivity index (χ4v) is 6.76. The van der Waals surface area contributed by atoms with E-state index in [1.165, 1.54) is 55.9 Å². The van der Waals surface area contributed by atoms with Crippen LogP contribution < -0.4 is 9.80 Å². The van der Waals surface area contributed by atoms with Gasteiger partial charge in [0.15, 0.2) is 0 Å². The van der Waals surface area contributed by atoms with E-state index in [-0.39, 0.29) is 0 Å². The van der Waals surface area contributed by atoms with E-state index in [4.69, 9.17) is 0 Å². The van der Waals surface area contributed by atoms with E-state index in [0.29, 0.717) is 0 Å². The number of nitrogens with zero attached hydrogens (tertiary/aromatic N) is 2. The van der Waals surface area contributed by atoms with E-state index >= 15 is 0 Å². The van der Waals surface area contributed by atoms with E-state index in [1.807, 2.05) is 0 Å². The van der Waals surface area contributed by atoms with Gasteiger partial charge in [-0.3, -0.25) is 0 Å². The number of aryl methyl sites for hydroxylation is 4. The monoisotopic (exact) mass is 648 g/mol. The van der Waals surface area contributed by atoms with Crippen LogP contribution in [0.5, 0.6) is 0 Å². The van der Waals surface area contributed by atoms with Crippen LogP contribution >= 0.6 is 0 Å². The average Bonchev–Trinajstić information content (AvgIpc) is 3.17. The number of rotatable bonds is 10. The molecule has 7 rings (SSSR count). The van der Waals surface area contributed by atoms with Crippen molar-refractivity contribution in [1.82, 2.24) is 0 Å². The molecule has 0 aliphatic rings. The molecular formula is C48H44N2. The molecule has 246 valence electrons. The molecule has 7 aromatic rings. The van der Waals surface area contributed by atoms with Crippen molar-refractivity contribution in [3.63, 3.8) is 0 Å². The van der Waals surface area contributed by atoms with Gasteiger partial charge in [-0.15, -0.1) is 0 Å². The van der Waals surface area contributed by atoms with Gasteiger partial charge in [0.2, 0.25) is 0 Å². The fraction of sp³-hybridized carbons (Fsp3) is 0.125. The maximum atomic E-state index is 2.37. The third-order valence-corrected chi connectivity index (χ3v) is 9.61. The van der Waals surface area contributed by atoms with Crippen LogP contribution in [0.2, 0.25) is 0 Å². The molecule has 0 heterocycles. The molecule has 0 aliphatic carbocycles. The Kier molecular flexibility index (Phi) is 9.62. The normalized spacial score (nSPS) is 11.0. The third-order valence-electron chi connectivity index (χ3n) is 9.61. The predicted molar refractivity (Wildman–Crippen MR) is 215 cm³/mol. The quantitative estimate of drug-likeness (QED) is 0.146. The van der Waals surface area contributed by atoms with Crippen LogP contribution in [0.3, 0.4) is 0 Å². The van der Waals surface area contributed by atoms with Crippen molar-refractivity contribution in [2.45, 2.75) is 40.5 Å². The number of benzene rings is 7. The Morgan fingerprint density at radius 3 is 0.880 bits per heavy atom. The lowest BCUT2D eigenvalue weighted by Gasteiger charge is -2.28. The van der Waals surface area contributed by atoms with Crippen molar-refractivity contribution in [2.24, 2.45) is 0 Å². The first-order valence-corrected chi connectivity index (χ1v) is 17.7. The van der Waals surface area contributed by atoms with Crippen LogP contribution in [-0.2, 0) is 12.8 Å². The Morgan fingerprint density at radius 2 is 0.580 bits per heavy atom. The zero-order chi connectivity index (χ0) is 34.5. The summed E-state index contributed by atoms with van der Waals surface area (Å²) in [5.41, 5.74) is 17.0. The van der Waals surface area contributed by atoms with Gasteiger partial charge in [-0.2, -0.15) is 0 Å². The van der Waals surface area contributed by atoms with Gasteiger partial charge >= 0.3 is 0 Å². The number of anilines is 6. The standard InChI is InChI=1S/C48H44N2/c1-5-37-11-7-9-13-47(37)49(43-27-15-35(3)16-28-43)45-31-23-41(24-32-45)39-19-21-40(22-20-39)42-25-33-46(34-26-42)50(44-29-17-36(4)18-30-44)48-14-10-8-12-38(48)6-2/h7-34H,5-6H2,1-4H3. The minimum atomic E-state index is 0.976. The lowest BCUT2D eigenvalue weighted by atomic mass is 9.99. The number of para-hydroxylation sites is 2. The van der Waals surface area contributed by atoms with Crippen molar-refractivity contribution in [3.8, 4) is 22.3 Å². The maximum Gasteiger partial charge on any atom is 0.0493 e. The van der Waals surface area contributed by atoms with E-state index in [1.54, 1.807) is 0 Å². The van der Waals surface area contributed by atoms with Gasteiger partial charge in [0.05, 0.1) is 0 Å². The Hall–Kier alpha value is -5.86. The second kappa shape index (κ2) is 14.7. The van der Waals surface area contributed by atoms with E-state index in [2.05, 4.69) is 207 Å². The molecule has 0 spiro atoms. The summed E-state index contributed by atoms with van der Waals surface area (Å²) >= 11 is 0. The smallest absolute Gasteiger partial charge is 0.0493 e. The Balaban J connectivity index is 1.15. The van der Waals surface area contributed by atoms with Gasteiger partial charge < -0.3 is 9.80 Å². The molecule has 0 aromatic heterocycles. The zero-order valence-corrected chi connectivity index (χ0v) is 29.5. The average molecular weight is 649 g/mol. The van der Waals surface area contributed by atoms with Crippen molar-refractivity contribution >= 4 is 34.1 Å². The highest BCUT2D eigenvalue weighted by Gasteiger charge is 2.17. The zero-order valence-electron chi connectivity index (χ0n) is 29.5. The second-order valence-corrected chi connectivity index (χ2v) is 13.0. The fourth-order valence-electron chi connectivity index (χ4n) is 6.76. The summed E-state index contributed by atoms with van der Waals surface area (Å²) in [6.07, 6.45) is 1.95. The first-order chi connectivity index (χ1) is 24.5. The van der Waals surface area contributed by atoms with Gasteiger partial charge in [0.1, 0.15) is 0 Å². The molecule has 0 N–H and O–H groups in total. The Bertz CT molecular complexity index is 2000. The van der Waals surface area contributed by atoms with E-state index in [9.17, 15) is 0 Å². The number of hydrogen-bond acceptors (Lipinski definition) is 2. The molecule has 0 bridgehead atoms. The number of hydrogen-bond donors (Lipinski definition) is 0. The van der Waals surface area contributed by atoms with E-state index < -0.39 is 0 Å². The summed E-state index contributed by atoms with van der Waals surface area (Å²) in [5, 5.41) is 0. The highest BCUT2D eigenvalue weighted by atomic mass is 15.1. The molecule has 0 radical (unpaired) electrons. The summed E-state index contributed by atoms with van der Waals surface area (Å²) in [5.74, 6) is 0. The summed E-state index contributed by atoms with van der Waals surface area (Å²) in [6, 6.07) is 61.9. The molecule has 50 heavy (non-hydrogen) atoms. The molecule has 2 heteroatoms. The SMILES string of the molecule is CCc1ccccc1N(c1ccc(C)cc1)c1ccc(-c2ccc(-c3ccc(N(c4ccc(C)cc4)c4ccccc4CC)cc3)cc2)cc1. The molecule has 0 saturated carbocycles. The molecule has 0 amide bonds. The Labute approximate surface area is 297 Å². The first-order valence-electron chi connectivity index (χ1n) is 17.7.